The molecular formula is C27H28N4O4. The first-order valence-electron chi connectivity index (χ1n) is 11.0. The van der Waals surface area contributed by atoms with E-state index in [0.29, 0.717) is 23.5 Å². The number of phenolic OH excluding ortho intramolecular Hbond substituents is 1. The summed E-state index contributed by atoms with van der Waals surface area (Å²) in [7, 11) is 3.88. The molecule has 0 unspecified atom stereocenters. The molecule has 8 nitrogen and oxygen atoms in total. The number of aromatic hydroxyl groups is 1. The van der Waals surface area contributed by atoms with Crippen LogP contribution in [0.2, 0.25) is 0 Å². The quantitative estimate of drug-likeness (QED) is 0.250. The highest BCUT2D eigenvalue weighted by Gasteiger charge is 2.14. The molecule has 35 heavy (non-hydrogen) atoms. The molecule has 0 fully saturated rings. The molecule has 3 N–H and O–H groups in total. The Hall–Kier alpha value is -4.59. The lowest BCUT2D eigenvalue weighted by atomic mass is 10.1. The molecule has 3 rings (SSSR count). The number of nitrogens with one attached hydrogen (secondary N) is 2. The average molecular weight is 473 g/mol. The maximum Gasteiger partial charge on any atom is 0.287 e. The zero-order valence-corrected chi connectivity index (χ0v) is 19.9. The van der Waals surface area contributed by atoms with Crippen LogP contribution >= 0.6 is 0 Å². The minimum atomic E-state index is -0.592. The number of carbonyl (C=O) groups excluding carboxylic acids is 2. The fourth-order valence-electron chi connectivity index (χ4n) is 3.09. The largest absolute Gasteiger partial charge is 0.504 e. The molecule has 180 valence electrons. The Morgan fingerprint density at radius 1 is 1.00 bits per heavy atom. The van der Waals surface area contributed by atoms with E-state index in [1.165, 1.54) is 12.3 Å². The SMILES string of the molecule is CCOc1cc(/C=N/NC(=O)/C(=C/c2ccc(N(C)C)cc2)NC(=O)c2ccccc2)ccc1O. The maximum atomic E-state index is 12.9. The number of carbonyl (C=O) groups is 2. The molecule has 0 aliphatic rings. The van der Waals surface area contributed by atoms with Crippen molar-refractivity contribution in [3.63, 3.8) is 0 Å². The predicted molar refractivity (Wildman–Crippen MR) is 138 cm³/mol. The molecule has 3 aromatic carbocycles. The summed E-state index contributed by atoms with van der Waals surface area (Å²) in [6, 6.07) is 20.9. The molecule has 8 heteroatoms. The lowest BCUT2D eigenvalue weighted by Gasteiger charge is -2.12. The zero-order chi connectivity index (χ0) is 25.2. The molecule has 0 heterocycles. The van der Waals surface area contributed by atoms with E-state index in [4.69, 9.17) is 4.74 Å². The van der Waals surface area contributed by atoms with Crippen molar-refractivity contribution in [3.05, 3.63) is 95.2 Å². The second kappa shape index (κ2) is 12.0. The molecule has 0 saturated carbocycles. The monoisotopic (exact) mass is 472 g/mol. The smallest absolute Gasteiger partial charge is 0.287 e. The van der Waals surface area contributed by atoms with Gasteiger partial charge in [0.25, 0.3) is 11.8 Å². The molecule has 0 bridgehead atoms. The van der Waals surface area contributed by atoms with E-state index in [0.717, 1.165) is 11.3 Å². The Morgan fingerprint density at radius 3 is 2.34 bits per heavy atom. The lowest BCUT2D eigenvalue weighted by Crippen LogP contribution is -2.32. The molecule has 0 aliphatic heterocycles. The molecule has 3 aromatic rings. The van der Waals surface area contributed by atoms with Crippen LogP contribution in [0.25, 0.3) is 6.08 Å². The summed E-state index contributed by atoms with van der Waals surface area (Å²) in [5.74, 6) is -0.673. The Balaban J connectivity index is 1.80. The Morgan fingerprint density at radius 2 is 1.69 bits per heavy atom. The van der Waals surface area contributed by atoms with Gasteiger partial charge in [-0.1, -0.05) is 30.3 Å². The van der Waals surface area contributed by atoms with E-state index in [-0.39, 0.29) is 11.4 Å². The molecule has 2 amide bonds. The van der Waals surface area contributed by atoms with Crippen LogP contribution in [0, 0.1) is 0 Å². The third-order valence-electron chi connectivity index (χ3n) is 4.91. The summed E-state index contributed by atoms with van der Waals surface area (Å²) >= 11 is 0. The van der Waals surface area contributed by atoms with Crippen LogP contribution in [0.3, 0.4) is 0 Å². The van der Waals surface area contributed by atoms with E-state index in [2.05, 4.69) is 15.8 Å². The minimum Gasteiger partial charge on any atom is -0.504 e. The summed E-state index contributed by atoms with van der Waals surface area (Å²) in [5.41, 5.74) is 5.25. The Kier molecular flexibility index (Phi) is 8.61. The average Bonchev–Trinajstić information content (AvgIpc) is 2.86. The van der Waals surface area contributed by atoms with Crippen molar-refractivity contribution in [2.24, 2.45) is 5.10 Å². The Labute approximate surface area is 204 Å². The van der Waals surface area contributed by atoms with Crippen LogP contribution in [-0.2, 0) is 4.79 Å². The summed E-state index contributed by atoms with van der Waals surface area (Å²) in [6.07, 6.45) is 3.00. The van der Waals surface area contributed by atoms with Crippen LogP contribution in [0.4, 0.5) is 5.69 Å². The molecular weight excluding hydrogens is 444 g/mol. The standard InChI is InChI=1S/C27H28N4O4/c1-4-35-25-17-20(12-15-24(25)32)18-28-30-27(34)23(29-26(33)21-8-6-5-7-9-21)16-19-10-13-22(14-11-19)31(2)3/h5-18,32H,4H2,1-3H3,(H,29,33)(H,30,34)/b23-16-,28-18+. The van der Waals surface area contributed by atoms with Gasteiger partial charge >= 0.3 is 0 Å². The third-order valence-corrected chi connectivity index (χ3v) is 4.91. The second-order valence-corrected chi connectivity index (χ2v) is 7.72. The molecule has 0 aliphatic carbocycles. The van der Waals surface area contributed by atoms with Gasteiger partial charge in [-0.15, -0.1) is 0 Å². The Bertz CT molecular complexity index is 1220. The van der Waals surface area contributed by atoms with E-state index in [1.54, 1.807) is 42.5 Å². The highest BCUT2D eigenvalue weighted by molar-refractivity contribution is 6.05. The van der Waals surface area contributed by atoms with Crippen LogP contribution in [0.1, 0.15) is 28.4 Å². The highest BCUT2D eigenvalue weighted by Crippen LogP contribution is 2.26. The van der Waals surface area contributed by atoms with Gasteiger partial charge in [-0.05, 0) is 66.6 Å². The molecule has 0 spiro atoms. The first-order valence-corrected chi connectivity index (χ1v) is 11.0. The zero-order valence-electron chi connectivity index (χ0n) is 19.9. The number of anilines is 1. The summed E-state index contributed by atoms with van der Waals surface area (Å²) in [4.78, 5) is 27.6. The first-order chi connectivity index (χ1) is 16.9. The number of hydrogen-bond donors (Lipinski definition) is 3. The molecule has 0 atom stereocenters. The number of hydrogen-bond acceptors (Lipinski definition) is 6. The van der Waals surface area contributed by atoms with E-state index >= 15 is 0 Å². The van der Waals surface area contributed by atoms with Crippen molar-refractivity contribution in [2.45, 2.75) is 6.92 Å². The molecule has 0 aromatic heterocycles. The van der Waals surface area contributed by atoms with Gasteiger partial charge < -0.3 is 20.1 Å². The van der Waals surface area contributed by atoms with E-state index in [9.17, 15) is 14.7 Å². The van der Waals surface area contributed by atoms with Gasteiger partial charge in [-0.2, -0.15) is 5.10 Å². The van der Waals surface area contributed by atoms with Crippen molar-refractivity contribution in [1.29, 1.82) is 0 Å². The van der Waals surface area contributed by atoms with Crippen molar-refractivity contribution < 1.29 is 19.4 Å². The second-order valence-electron chi connectivity index (χ2n) is 7.72. The first kappa shape index (κ1) is 25.0. The van der Waals surface area contributed by atoms with Gasteiger partial charge in [0, 0.05) is 25.3 Å². The predicted octanol–water partition coefficient (Wildman–Crippen LogP) is 3.78. The number of rotatable bonds is 9. The lowest BCUT2D eigenvalue weighted by molar-refractivity contribution is -0.117. The van der Waals surface area contributed by atoms with E-state index in [1.807, 2.05) is 56.3 Å². The van der Waals surface area contributed by atoms with Crippen LogP contribution in [0.15, 0.2) is 83.6 Å². The number of ether oxygens (including phenoxy) is 1. The van der Waals surface area contributed by atoms with Crippen molar-refractivity contribution in [2.75, 3.05) is 25.6 Å². The van der Waals surface area contributed by atoms with Gasteiger partial charge in [0.05, 0.1) is 12.8 Å². The minimum absolute atomic E-state index is 0.0159. The topological polar surface area (TPSA) is 103 Å². The van der Waals surface area contributed by atoms with E-state index < -0.39 is 11.8 Å². The summed E-state index contributed by atoms with van der Waals surface area (Å²) in [6.45, 7) is 2.21. The molecule has 0 saturated heterocycles. The van der Waals surface area contributed by atoms with Gasteiger partial charge in [0.1, 0.15) is 5.70 Å². The number of hydrazone groups is 1. The fraction of sp³-hybridized carbons (Fsp3) is 0.148. The van der Waals surface area contributed by atoms with Crippen molar-refractivity contribution in [3.8, 4) is 11.5 Å². The summed E-state index contributed by atoms with van der Waals surface area (Å²) < 4.78 is 5.36. The van der Waals surface area contributed by atoms with Crippen LogP contribution < -0.4 is 20.4 Å². The van der Waals surface area contributed by atoms with Crippen molar-refractivity contribution in [1.82, 2.24) is 10.7 Å². The van der Waals surface area contributed by atoms with Crippen LogP contribution in [-0.4, -0.2) is 43.8 Å². The maximum absolute atomic E-state index is 12.9. The van der Waals surface area contributed by atoms with Crippen LogP contribution in [0.5, 0.6) is 11.5 Å². The fourth-order valence-corrected chi connectivity index (χ4v) is 3.09. The van der Waals surface area contributed by atoms with Gasteiger partial charge in [0.2, 0.25) is 0 Å². The van der Waals surface area contributed by atoms with Gasteiger partial charge in [-0.3, -0.25) is 9.59 Å². The van der Waals surface area contributed by atoms with Gasteiger partial charge in [-0.25, -0.2) is 5.43 Å². The molecule has 0 radical (unpaired) electrons. The number of benzene rings is 3. The summed E-state index contributed by atoms with van der Waals surface area (Å²) in [5, 5.41) is 16.5. The highest BCUT2D eigenvalue weighted by atomic mass is 16.5. The number of nitrogens with zero attached hydrogens (tertiary/aromatic N) is 2. The van der Waals surface area contributed by atoms with Crippen molar-refractivity contribution >= 4 is 29.8 Å². The number of phenols is 1. The normalized spacial score (nSPS) is 11.2. The number of amides is 2. The third kappa shape index (κ3) is 7.20. The van der Waals surface area contributed by atoms with Gasteiger partial charge in [0.15, 0.2) is 11.5 Å².